The SMILES string of the molecule is O=C(N/C=C/c1cccc(Br)c1)C(c1csc2ccc(Cl)cc12)P1(=O)OCCCO1. The van der Waals surface area contributed by atoms with E-state index < -0.39 is 19.2 Å². The number of fused-ring (bicyclic) bond motifs is 1. The summed E-state index contributed by atoms with van der Waals surface area (Å²) in [6.45, 7) is 0.579. The van der Waals surface area contributed by atoms with Gasteiger partial charge in [0.1, 0.15) is 0 Å². The molecule has 1 unspecified atom stereocenters. The number of thiophene rings is 1. The summed E-state index contributed by atoms with van der Waals surface area (Å²) in [5.41, 5.74) is 0.416. The van der Waals surface area contributed by atoms with Crippen LogP contribution in [0.25, 0.3) is 16.2 Å². The van der Waals surface area contributed by atoms with Crippen molar-refractivity contribution in [3.8, 4) is 0 Å². The average molecular weight is 527 g/mol. The van der Waals surface area contributed by atoms with Crippen molar-refractivity contribution in [2.24, 2.45) is 0 Å². The quantitative estimate of drug-likeness (QED) is 0.372. The van der Waals surface area contributed by atoms with Gasteiger partial charge in [-0.3, -0.25) is 9.36 Å². The van der Waals surface area contributed by atoms with Gasteiger partial charge in [-0.25, -0.2) is 0 Å². The predicted octanol–water partition coefficient (Wildman–Crippen LogP) is 6.78. The van der Waals surface area contributed by atoms with Gasteiger partial charge in [-0.2, -0.15) is 0 Å². The van der Waals surface area contributed by atoms with Gasteiger partial charge >= 0.3 is 7.60 Å². The van der Waals surface area contributed by atoms with E-state index in [2.05, 4.69) is 21.2 Å². The molecule has 2 heterocycles. The average Bonchev–Trinajstić information content (AvgIpc) is 3.11. The fourth-order valence-electron chi connectivity index (χ4n) is 3.23. The monoisotopic (exact) mass is 525 g/mol. The molecule has 3 aromatic rings. The Kier molecular flexibility index (Phi) is 6.78. The van der Waals surface area contributed by atoms with Crippen LogP contribution in [0.4, 0.5) is 0 Å². The number of carbonyl (C=O) groups excluding carboxylic acids is 1. The molecule has 1 saturated heterocycles. The van der Waals surface area contributed by atoms with Crippen molar-refractivity contribution < 1.29 is 18.4 Å². The maximum atomic E-state index is 13.5. The molecule has 1 N–H and O–H groups in total. The number of benzene rings is 2. The first-order valence-corrected chi connectivity index (χ1v) is 12.9. The molecule has 0 radical (unpaired) electrons. The molecule has 1 aliphatic rings. The lowest BCUT2D eigenvalue weighted by Gasteiger charge is -2.29. The largest absolute Gasteiger partial charge is 0.347 e. The van der Waals surface area contributed by atoms with E-state index in [0.717, 1.165) is 20.1 Å². The molecule has 0 aliphatic carbocycles. The summed E-state index contributed by atoms with van der Waals surface area (Å²) in [5, 5.41) is 5.89. The Morgan fingerprint density at radius 2 is 2.03 bits per heavy atom. The van der Waals surface area contributed by atoms with Crippen LogP contribution in [0.5, 0.6) is 0 Å². The van der Waals surface area contributed by atoms with Crippen LogP contribution in [0.1, 0.15) is 23.2 Å². The van der Waals surface area contributed by atoms with E-state index in [4.69, 9.17) is 20.6 Å². The highest BCUT2D eigenvalue weighted by Crippen LogP contribution is 2.63. The number of amides is 1. The van der Waals surface area contributed by atoms with E-state index in [1.54, 1.807) is 18.2 Å². The highest BCUT2D eigenvalue weighted by molar-refractivity contribution is 9.10. The molecule has 1 atom stereocenters. The first kappa shape index (κ1) is 21.8. The van der Waals surface area contributed by atoms with Crippen LogP contribution >= 0.6 is 46.5 Å². The smallest absolute Gasteiger partial charge is 0.332 e. The highest BCUT2D eigenvalue weighted by atomic mass is 79.9. The number of halogens is 2. The zero-order chi connectivity index (χ0) is 21.1. The minimum Gasteiger partial charge on any atom is -0.332 e. The molecule has 1 fully saturated rings. The van der Waals surface area contributed by atoms with Crippen molar-refractivity contribution in [3.05, 3.63) is 74.7 Å². The number of rotatable bonds is 5. The fraction of sp³-hybridized carbons (Fsp3) is 0.190. The Balaban J connectivity index is 1.67. The lowest BCUT2D eigenvalue weighted by Crippen LogP contribution is -2.28. The zero-order valence-corrected chi connectivity index (χ0v) is 19.8. The van der Waals surface area contributed by atoms with E-state index >= 15 is 0 Å². The number of hydrogen-bond acceptors (Lipinski definition) is 5. The van der Waals surface area contributed by atoms with Crippen LogP contribution in [0, 0.1) is 0 Å². The van der Waals surface area contributed by atoms with Gasteiger partial charge in [-0.15, -0.1) is 11.3 Å². The van der Waals surface area contributed by atoms with Crippen molar-refractivity contribution in [2.45, 2.75) is 12.1 Å². The highest BCUT2D eigenvalue weighted by Gasteiger charge is 2.45. The Bertz CT molecular complexity index is 1150. The molecule has 1 amide bonds. The molecule has 0 spiro atoms. The third-order valence-electron chi connectivity index (χ3n) is 4.61. The summed E-state index contributed by atoms with van der Waals surface area (Å²) >= 11 is 11.1. The Morgan fingerprint density at radius 3 is 2.80 bits per heavy atom. The van der Waals surface area contributed by atoms with Crippen LogP contribution in [0.3, 0.4) is 0 Å². The molecule has 30 heavy (non-hydrogen) atoms. The zero-order valence-electron chi connectivity index (χ0n) is 15.7. The van der Waals surface area contributed by atoms with Crippen molar-refractivity contribution in [1.82, 2.24) is 5.32 Å². The van der Waals surface area contributed by atoms with E-state index in [-0.39, 0.29) is 13.2 Å². The fourth-order valence-corrected chi connectivity index (χ4v) is 6.94. The van der Waals surface area contributed by atoms with E-state index in [1.165, 1.54) is 17.5 Å². The third-order valence-corrected chi connectivity index (χ3v) is 8.55. The molecular weight excluding hydrogens is 509 g/mol. The van der Waals surface area contributed by atoms with Gasteiger partial charge in [0.05, 0.1) is 13.2 Å². The molecule has 0 saturated carbocycles. The third kappa shape index (κ3) is 4.72. The van der Waals surface area contributed by atoms with Crippen LogP contribution in [0.2, 0.25) is 5.02 Å². The summed E-state index contributed by atoms with van der Waals surface area (Å²) in [6.07, 6.45) is 3.94. The van der Waals surface area contributed by atoms with Crippen LogP contribution < -0.4 is 5.32 Å². The second kappa shape index (κ2) is 9.35. The molecule has 5 nitrogen and oxygen atoms in total. The molecule has 9 heteroatoms. The summed E-state index contributed by atoms with van der Waals surface area (Å²) < 4.78 is 26.5. The summed E-state index contributed by atoms with van der Waals surface area (Å²) in [7, 11) is -3.70. The van der Waals surface area contributed by atoms with Crippen molar-refractivity contribution in [2.75, 3.05) is 13.2 Å². The van der Waals surface area contributed by atoms with Gasteiger partial charge in [0, 0.05) is 20.4 Å². The standard InChI is InChI=1S/C21H18BrClNO4PS/c22-15-4-1-3-14(11-15)7-8-24-21(25)20(29(26)27-9-2-10-28-29)18-13-30-19-6-5-16(23)12-17(18)19/h1,3-8,11-13,20H,2,9-10H2,(H,24,25)/b8-7+. The molecule has 1 aliphatic heterocycles. The van der Waals surface area contributed by atoms with Gasteiger partial charge in [0.15, 0.2) is 5.66 Å². The maximum Gasteiger partial charge on any atom is 0.347 e. The first-order valence-electron chi connectivity index (χ1n) is 9.24. The van der Waals surface area contributed by atoms with Crippen molar-refractivity contribution >= 4 is 68.5 Å². The van der Waals surface area contributed by atoms with Crippen LogP contribution in [0.15, 0.2) is 58.5 Å². The van der Waals surface area contributed by atoms with Crippen molar-refractivity contribution in [3.63, 3.8) is 0 Å². The summed E-state index contributed by atoms with van der Waals surface area (Å²) in [4.78, 5) is 13.2. The van der Waals surface area contributed by atoms with E-state index in [1.807, 2.05) is 35.7 Å². The number of nitrogens with one attached hydrogen (secondary N) is 1. The second-order valence-corrected chi connectivity index (χ2v) is 11.1. The molecule has 4 rings (SSSR count). The lowest BCUT2D eigenvalue weighted by molar-refractivity contribution is -0.120. The van der Waals surface area contributed by atoms with Crippen LogP contribution in [-0.2, 0) is 18.4 Å². The molecular formula is C21H18BrClNO4PS. The normalized spacial score (nSPS) is 17.3. The lowest BCUT2D eigenvalue weighted by atomic mass is 10.1. The molecule has 2 aromatic carbocycles. The summed E-state index contributed by atoms with van der Waals surface area (Å²) in [6, 6.07) is 13.1. The summed E-state index contributed by atoms with van der Waals surface area (Å²) in [5.74, 6) is -0.453. The van der Waals surface area contributed by atoms with Gasteiger partial charge in [0.2, 0.25) is 5.91 Å². The van der Waals surface area contributed by atoms with Crippen molar-refractivity contribution in [1.29, 1.82) is 0 Å². The van der Waals surface area contributed by atoms with Crippen LogP contribution in [-0.4, -0.2) is 19.1 Å². The van der Waals surface area contributed by atoms with E-state index in [9.17, 15) is 9.36 Å². The predicted molar refractivity (Wildman–Crippen MR) is 125 cm³/mol. The minimum atomic E-state index is -3.70. The topological polar surface area (TPSA) is 64.6 Å². The minimum absolute atomic E-state index is 0.289. The molecule has 0 bridgehead atoms. The Morgan fingerprint density at radius 1 is 1.23 bits per heavy atom. The Hall–Kier alpha value is -1.47. The Labute approximate surface area is 191 Å². The maximum absolute atomic E-state index is 13.5. The van der Waals surface area contributed by atoms with Gasteiger partial charge in [-0.05, 0) is 64.7 Å². The molecule has 1 aromatic heterocycles. The van der Waals surface area contributed by atoms with Gasteiger partial charge in [0.25, 0.3) is 0 Å². The number of hydrogen-bond donors (Lipinski definition) is 1. The second-order valence-electron chi connectivity index (χ2n) is 6.69. The molecule has 156 valence electrons. The van der Waals surface area contributed by atoms with Gasteiger partial charge in [-0.1, -0.05) is 39.7 Å². The van der Waals surface area contributed by atoms with E-state index in [0.29, 0.717) is 17.0 Å². The first-order chi connectivity index (χ1) is 14.5. The van der Waals surface area contributed by atoms with Gasteiger partial charge < -0.3 is 14.4 Å². The number of carbonyl (C=O) groups is 1.